The average molecular weight is 270 g/mol. The van der Waals surface area contributed by atoms with Gasteiger partial charge in [-0.3, -0.25) is 9.59 Å². The topological polar surface area (TPSA) is 89.4 Å². The molecule has 98 valence electrons. The number of nitrogens with two attached hydrogens (primary N) is 2. The summed E-state index contributed by atoms with van der Waals surface area (Å²) in [4.78, 5) is 24.6. The molecular formula is C12H16ClN3O2. The molecule has 0 bridgehead atoms. The Bertz CT molecular complexity index is 474. The maximum Gasteiger partial charge on any atom is 0.256 e. The van der Waals surface area contributed by atoms with Gasteiger partial charge in [-0.15, -0.1) is 0 Å². The van der Waals surface area contributed by atoms with Crippen molar-refractivity contribution in [3.8, 4) is 0 Å². The van der Waals surface area contributed by atoms with Crippen LogP contribution in [0, 0.1) is 0 Å². The summed E-state index contributed by atoms with van der Waals surface area (Å²) in [5.74, 6) is -0.929. The van der Waals surface area contributed by atoms with Gasteiger partial charge in [0, 0.05) is 6.04 Å². The Morgan fingerprint density at radius 2 is 2.00 bits per heavy atom. The van der Waals surface area contributed by atoms with E-state index in [1.165, 1.54) is 4.90 Å². The van der Waals surface area contributed by atoms with Crippen molar-refractivity contribution in [1.82, 2.24) is 4.90 Å². The molecule has 0 radical (unpaired) electrons. The fourth-order valence-corrected chi connectivity index (χ4v) is 1.71. The van der Waals surface area contributed by atoms with Gasteiger partial charge in [-0.05, 0) is 26.0 Å². The maximum absolute atomic E-state index is 12.3. The molecule has 0 saturated heterocycles. The Hall–Kier alpha value is -1.75. The van der Waals surface area contributed by atoms with Crippen LogP contribution in [-0.4, -0.2) is 29.3 Å². The highest BCUT2D eigenvalue weighted by Crippen LogP contribution is 2.24. The summed E-state index contributed by atoms with van der Waals surface area (Å²) in [5.41, 5.74) is 11.4. The summed E-state index contributed by atoms with van der Waals surface area (Å²) in [6.45, 7) is 3.44. The van der Waals surface area contributed by atoms with Crippen LogP contribution in [0.4, 0.5) is 5.69 Å². The molecule has 0 aliphatic rings. The van der Waals surface area contributed by atoms with Gasteiger partial charge in [0.15, 0.2) is 0 Å². The molecule has 0 aliphatic carbocycles. The van der Waals surface area contributed by atoms with Crippen LogP contribution in [0.15, 0.2) is 18.2 Å². The van der Waals surface area contributed by atoms with Gasteiger partial charge in [0.25, 0.3) is 5.91 Å². The number of para-hydroxylation sites is 1. The Morgan fingerprint density at radius 1 is 1.39 bits per heavy atom. The second kappa shape index (κ2) is 5.73. The monoisotopic (exact) mass is 269 g/mol. The predicted molar refractivity (Wildman–Crippen MR) is 71.2 cm³/mol. The summed E-state index contributed by atoms with van der Waals surface area (Å²) < 4.78 is 0. The Balaban J connectivity index is 3.10. The number of nitrogens with zero attached hydrogens (tertiary/aromatic N) is 1. The third-order valence-electron chi connectivity index (χ3n) is 2.49. The zero-order valence-electron chi connectivity index (χ0n) is 10.3. The van der Waals surface area contributed by atoms with E-state index in [0.717, 1.165) is 0 Å². The first-order chi connectivity index (χ1) is 8.34. The standard InChI is InChI=1S/C12H16ClN3O2/c1-7(2)16(6-10(14)17)12(18)8-4-3-5-9(13)11(8)15/h3-5,7H,6,15H2,1-2H3,(H2,14,17). The SMILES string of the molecule is CC(C)N(CC(N)=O)C(=O)c1cccc(Cl)c1N. The van der Waals surface area contributed by atoms with E-state index in [9.17, 15) is 9.59 Å². The lowest BCUT2D eigenvalue weighted by atomic mass is 10.1. The smallest absolute Gasteiger partial charge is 0.256 e. The fraction of sp³-hybridized carbons (Fsp3) is 0.333. The van der Waals surface area contributed by atoms with Crippen LogP contribution >= 0.6 is 11.6 Å². The van der Waals surface area contributed by atoms with E-state index in [0.29, 0.717) is 5.02 Å². The number of anilines is 1. The van der Waals surface area contributed by atoms with E-state index in [4.69, 9.17) is 23.1 Å². The Labute approximate surface area is 111 Å². The van der Waals surface area contributed by atoms with Gasteiger partial charge in [-0.2, -0.15) is 0 Å². The number of nitrogen functional groups attached to an aromatic ring is 1. The Kier molecular flexibility index (Phi) is 4.55. The highest BCUT2D eigenvalue weighted by atomic mass is 35.5. The number of carbonyl (C=O) groups excluding carboxylic acids is 2. The zero-order chi connectivity index (χ0) is 13.9. The second-order valence-corrected chi connectivity index (χ2v) is 4.60. The van der Waals surface area contributed by atoms with Crippen molar-refractivity contribution in [3.63, 3.8) is 0 Å². The normalized spacial score (nSPS) is 10.4. The molecule has 0 aliphatic heterocycles. The summed E-state index contributed by atoms with van der Waals surface area (Å²) >= 11 is 5.86. The lowest BCUT2D eigenvalue weighted by Gasteiger charge is -2.26. The van der Waals surface area contributed by atoms with Gasteiger partial charge in [-0.1, -0.05) is 17.7 Å². The number of hydrogen-bond donors (Lipinski definition) is 2. The highest BCUT2D eigenvalue weighted by Gasteiger charge is 2.22. The quantitative estimate of drug-likeness (QED) is 0.807. The van der Waals surface area contributed by atoms with Crippen molar-refractivity contribution in [2.24, 2.45) is 5.73 Å². The van der Waals surface area contributed by atoms with Crippen LogP contribution in [0.2, 0.25) is 5.02 Å². The van der Waals surface area contributed by atoms with Crippen molar-refractivity contribution in [2.75, 3.05) is 12.3 Å². The first-order valence-corrected chi connectivity index (χ1v) is 5.85. The van der Waals surface area contributed by atoms with Crippen LogP contribution < -0.4 is 11.5 Å². The summed E-state index contributed by atoms with van der Waals surface area (Å²) in [7, 11) is 0. The number of carbonyl (C=O) groups is 2. The number of benzene rings is 1. The van der Waals surface area contributed by atoms with Crippen molar-refractivity contribution >= 4 is 29.1 Å². The highest BCUT2D eigenvalue weighted by molar-refractivity contribution is 6.33. The lowest BCUT2D eigenvalue weighted by molar-refractivity contribution is -0.119. The van der Waals surface area contributed by atoms with Crippen molar-refractivity contribution < 1.29 is 9.59 Å². The van der Waals surface area contributed by atoms with E-state index < -0.39 is 5.91 Å². The fourth-order valence-electron chi connectivity index (χ4n) is 1.54. The molecule has 1 aromatic rings. The van der Waals surface area contributed by atoms with Crippen LogP contribution in [0.5, 0.6) is 0 Å². The molecule has 0 unspecified atom stereocenters. The second-order valence-electron chi connectivity index (χ2n) is 4.19. The van der Waals surface area contributed by atoms with Crippen molar-refractivity contribution in [3.05, 3.63) is 28.8 Å². The van der Waals surface area contributed by atoms with Gasteiger partial charge < -0.3 is 16.4 Å². The van der Waals surface area contributed by atoms with E-state index in [2.05, 4.69) is 0 Å². The number of amides is 2. The van der Waals surface area contributed by atoms with Gasteiger partial charge in [0.2, 0.25) is 5.91 Å². The lowest BCUT2D eigenvalue weighted by Crippen LogP contribution is -2.43. The first-order valence-electron chi connectivity index (χ1n) is 5.47. The zero-order valence-corrected chi connectivity index (χ0v) is 11.1. The first kappa shape index (κ1) is 14.3. The largest absolute Gasteiger partial charge is 0.397 e. The van der Waals surface area contributed by atoms with Gasteiger partial charge in [0.1, 0.15) is 0 Å². The van der Waals surface area contributed by atoms with Crippen LogP contribution in [0.3, 0.4) is 0 Å². The van der Waals surface area contributed by atoms with E-state index in [1.807, 2.05) is 0 Å². The molecule has 2 amide bonds. The molecule has 0 atom stereocenters. The minimum atomic E-state index is -0.572. The molecular weight excluding hydrogens is 254 g/mol. The molecule has 0 spiro atoms. The molecule has 1 aromatic carbocycles. The third kappa shape index (κ3) is 3.13. The molecule has 0 saturated carbocycles. The number of halogens is 1. The summed E-state index contributed by atoms with van der Waals surface area (Å²) in [6.07, 6.45) is 0. The molecule has 4 N–H and O–H groups in total. The Morgan fingerprint density at radius 3 is 2.50 bits per heavy atom. The molecule has 18 heavy (non-hydrogen) atoms. The van der Waals surface area contributed by atoms with Crippen LogP contribution in [-0.2, 0) is 4.79 Å². The number of primary amides is 1. The minimum Gasteiger partial charge on any atom is -0.397 e. The van der Waals surface area contributed by atoms with E-state index >= 15 is 0 Å². The minimum absolute atomic E-state index is 0.150. The van der Waals surface area contributed by atoms with Gasteiger partial charge in [-0.25, -0.2) is 0 Å². The van der Waals surface area contributed by atoms with Crippen LogP contribution in [0.25, 0.3) is 0 Å². The number of hydrogen-bond acceptors (Lipinski definition) is 3. The predicted octanol–water partition coefficient (Wildman–Crippen LogP) is 1.26. The van der Waals surface area contributed by atoms with E-state index in [-0.39, 0.29) is 29.7 Å². The number of rotatable bonds is 4. The van der Waals surface area contributed by atoms with Gasteiger partial charge in [0.05, 0.1) is 22.8 Å². The molecule has 0 aromatic heterocycles. The molecule has 5 nitrogen and oxygen atoms in total. The average Bonchev–Trinajstić information content (AvgIpc) is 2.28. The third-order valence-corrected chi connectivity index (χ3v) is 2.82. The summed E-state index contributed by atoms with van der Waals surface area (Å²) in [5, 5.41) is 0.309. The van der Waals surface area contributed by atoms with E-state index in [1.54, 1.807) is 32.0 Å². The van der Waals surface area contributed by atoms with Gasteiger partial charge >= 0.3 is 0 Å². The molecule has 1 rings (SSSR count). The molecule has 6 heteroatoms. The summed E-state index contributed by atoms with van der Waals surface area (Å²) in [6, 6.07) is 4.64. The molecule has 0 fully saturated rings. The molecule has 0 heterocycles. The van der Waals surface area contributed by atoms with Crippen LogP contribution in [0.1, 0.15) is 24.2 Å². The van der Waals surface area contributed by atoms with Crippen molar-refractivity contribution in [2.45, 2.75) is 19.9 Å². The maximum atomic E-state index is 12.3. The van der Waals surface area contributed by atoms with Crippen molar-refractivity contribution in [1.29, 1.82) is 0 Å².